The molecular formula is C20H28O2. The molecule has 4 aliphatic rings. The average molecular weight is 300 g/mol. The van der Waals surface area contributed by atoms with Crippen LogP contribution in [0, 0.1) is 22.7 Å². The number of hydrogen-bond donors (Lipinski definition) is 0. The number of esters is 1. The molecule has 0 spiro atoms. The number of ether oxygens (including phenoxy) is 1. The Hall–Kier alpha value is -1.05. The van der Waals surface area contributed by atoms with Gasteiger partial charge in [-0.15, -0.1) is 0 Å². The molecule has 0 bridgehead atoms. The Morgan fingerprint density at radius 3 is 2.77 bits per heavy atom. The van der Waals surface area contributed by atoms with E-state index in [1.54, 1.807) is 5.57 Å². The van der Waals surface area contributed by atoms with Crippen LogP contribution in [0.1, 0.15) is 66.2 Å². The standard InChI is InChI=1S/C20H28O2/c1-12-14-10-13-6-7-17-19(2,3)8-5-9-20(17,4)15(13)11-16(14)22-18(12)21/h10,15-17H,5-9,11H2,1-4H3/t15-,16-,17+,20+/m1/s1. The highest BCUT2D eigenvalue weighted by molar-refractivity contribution is 5.92. The van der Waals surface area contributed by atoms with E-state index in [4.69, 9.17) is 4.74 Å². The van der Waals surface area contributed by atoms with Crippen molar-refractivity contribution in [3.63, 3.8) is 0 Å². The maximum Gasteiger partial charge on any atom is 0.334 e. The van der Waals surface area contributed by atoms with Crippen molar-refractivity contribution in [2.45, 2.75) is 72.3 Å². The second-order valence-corrected chi connectivity index (χ2v) is 8.92. The van der Waals surface area contributed by atoms with Crippen LogP contribution in [-0.2, 0) is 9.53 Å². The summed E-state index contributed by atoms with van der Waals surface area (Å²) >= 11 is 0. The fourth-order valence-corrected chi connectivity index (χ4v) is 6.24. The van der Waals surface area contributed by atoms with Gasteiger partial charge in [0, 0.05) is 11.1 Å². The molecule has 2 saturated carbocycles. The van der Waals surface area contributed by atoms with Crippen molar-refractivity contribution < 1.29 is 9.53 Å². The maximum atomic E-state index is 11.9. The van der Waals surface area contributed by atoms with Crippen molar-refractivity contribution in [3.05, 3.63) is 22.8 Å². The number of hydrogen-bond acceptors (Lipinski definition) is 2. The van der Waals surface area contributed by atoms with Crippen molar-refractivity contribution in [1.82, 2.24) is 0 Å². The molecule has 22 heavy (non-hydrogen) atoms. The summed E-state index contributed by atoms with van der Waals surface area (Å²) in [5, 5.41) is 0. The van der Waals surface area contributed by atoms with Gasteiger partial charge in [-0.1, -0.05) is 38.8 Å². The number of carbonyl (C=O) groups excluding carboxylic acids is 1. The lowest BCUT2D eigenvalue weighted by Crippen LogP contribution is -2.51. The number of rotatable bonds is 0. The first-order chi connectivity index (χ1) is 10.3. The fourth-order valence-electron chi connectivity index (χ4n) is 6.24. The van der Waals surface area contributed by atoms with Crippen molar-refractivity contribution in [1.29, 1.82) is 0 Å². The molecule has 2 heteroatoms. The minimum absolute atomic E-state index is 0.0295. The van der Waals surface area contributed by atoms with Gasteiger partial charge in [0.15, 0.2) is 0 Å². The number of fused-ring (bicyclic) bond motifs is 4. The molecule has 0 aromatic heterocycles. The summed E-state index contributed by atoms with van der Waals surface area (Å²) in [6, 6.07) is 0. The molecule has 0 unspecified atom stereocenters. The van der Waals surface area contributed by atoms with E-state index >= 15 is 0 Å². The molecule has 0 amide bonds. The molecule has 0 saturated heterocycles. The lowest BCUT2D eigenvalue weighted by molar-refractivity contribution is -0.141. The Bertz CT molecular complexity index is 595. The van der Waals surface area contributed by atoms with Crippen LogP contribution in [0.4, 0.5) is 0 Å². The summed E-state index contributed by atoms with van der Waals surface area (Å²) in [6.07, 6.45) is 9.96. The summed E-state index contributed by atoms with van der Waals surface area (Å²) in [7, 11) is 0. The van der Waals surface area contributed by atoms with Crippen molar-refractivity contribution in [3.8, 4) is 0 Å². The molecule has 0 aromatic carbocycles. The minimum Gasteiger partial charge on any atom is -0.454 e. The van der Waals surface area contributed by atoms with E-state index in [0.717, 1.165) is 17.9 Å². The zero-order chi connectivity index (χ0) is 15.7. The third-order valence-corrected chi connectivity index (χ3v) is 7.37. The van der Waals surface area contributed by atoms with Gasteiger partial charge in [0.1, 0.15) is 6.10 Å². The lowest BCUT2D eigenvalue weighted by atomic mass is 9.46. The van der Waals surface area contributed by atoms with Gasteiger partial charge < -0.3 is 4.74 Å². The van der Waals surface area contributed by atoms with Gasteiger partial charge in [-0.3, -0.25) is 0 Å². The molecule has 0 N–H and O–H groups in total. The third-order valence-electron chi connectivity index (χ3n) is 7.37. The first-order valence-corrected chi connectivity index (χ1v) is 8.95. The lowest BCUT2D eigenvalue weighted by Gasteiger charge is -2.59. The van der Waals surface area contributed by atoms with Crippen LogP contribution >= 0.6 is 0 Å². The topological polar surface area (TPSA) is 26.3 Å². The smallest absolute Gasteiger partial charge is 0.334 e. The van der Waals surface area contributed by atoms with Crippen LogP contribution in [0.25, 0.3) is 0 Å². The van der Waals surface area contributed by atoms with Gasteiger partial charge in [0.25, 0.3) is 0 Å². The molecule has 2 nitrogen and oxygen atoms in total. The predicted octanol–water partition coefficient (Wildman–Crippen LogP) is 4.80. The van der Waals surface area contributed by atoms with Gasteiger partial charge in [-0.2, -0.15) is 0 Å². The van der Waals surface area contributed by atoms with Crippen LogP contribution in [0.3, 0.4) is 0 Å². The predicted molar refractivity (Wildman–Crippen MR) is 87.2 cm³/mol. The third kappa shape index (κ3) is 1.82. The van der Waals surface area contributed by atoms with E-state index in [1.807, 2.05) is 6.92 Å². The Labute approximate surface area is 134 Å². The van der Waals surface area contributed by atoms with Gasteiger partial charge >= 0.3 is 5.97 Å². The van der Waals surface area contributed by atoms with E-state index in [2.05, 4.69) is 26.8 Å². The van der Waals surface area contributed by atoms with Gasteiger partial charge in [0.05, 0.1) is 0 Å². The Morgan fingerprint density at radius 2 is 2.00 bits per heavy atom. The summed E-state index contributed by atoms with van der Waals surface area (Å²) in [5.74, 6) is 1.32. The molecule has 0 radical (unpaired) electrons. The van der Waals surface area contributed by atoms with Crippen molar-refractivity contribution in [2.75, 3.05) is 0 Å². The van der Waals surface area contributed by atoms with E-state index in [-0.39, 0.29) is 12.1 Å². The van der Waals surface area contributed by atoms with E-state index < -0.39 is 0 Å². The Balaban J connectivity index is 1.74. The molecule has 0 aromatic rings. The first kappa shape index (κ1) is 14.5. The first-order valence-electron chi connectivity index (χ1n) is 8.95. The molecule has 4 atom stereocenters. The van der Waals surface area contributed by atoms with E-state index in [9.17, 15) is 4.79 Å². The van der Waals surface area contributed by atoms with Gasteiger partial charge in [0.2, 0.25) is 0 Å². The summed E-state index contributed by atoms with van der Waals surface area (Å²) < 4.78 is 5.65. The Morgan fingerprint density at radius 1 is 1.23 bits per heavy atom. The molecular weight excluding hydrogens is 272 g/mol. The van der Waals surface area contributed by atoms with Crippen LogP contribution in [0.15, 0.2) is 22.8 Å². The molecule has 2 fully saturated rings. The molecule has 4 rings (SSSR count). The monoisotopic (exact) mass is 300 g/mol. The second kappa shape index (κ2) is 4.49. The second-order valence-electron chi connectivity index (χ2n) is 8.92. The van der Waals surface area contributed by atoms with Crippen molar-refractivity contribution in [2.24, 2.45) is 22.7 Å². The molecule has 1 heterocycles. The van der Waals surface area contributed by atoms with Crippen LogP contribution < -0.4 is 0 Å². The maximum absolute atomic E-state index is 11.9. The molecule has 1 aliphatic heterocycles. The SMILES string of the molecule is CC1=C2C=C3CC[C@H]4C(C)(C)CCC[C@@]4(C)[C@@H]3C[C@H]2OC1=O. The van der Waals surface area contributed by atoms with Gasteiger partial charge in [-0.25, -0.2) is 4.79 Å². The summed E-state index contributed by atoms with van der Waals surface area (Å²) in [4.78, 5) is 11.9. The molecule has 120 valence electrons. The van der Waals surface area contributed by atoms with Crippen LogP contribution in [0.5, 0.6) is 0 Å². The zero-order valence-corrected chi connectivity index (χ0v) is 14.4. The summed E-state index contributed by atoms with van der Waals surface area (Å²) in [6.45, 7) is 9.38. The fraction of sp³-hybridized carbons (Fsp3) is 0.750. The normalized spacial score (nSPS) is 43.0. The average Bonchev–Trinajstić information content (AvgIpc) is 2.72. The quantitative estimate of drug-likeness (QED) is 0.601. The number of carbonyl (C=O) groups is 1. The highest BCUT2D eigenvalue weighted by Crippen LogP contribution is 2.63. The Kier molecular flexibility index (Phi) is 2.97. The van der Waals surface area contributed by atoms with Crippen LogP contribution in [0.2, 0.25) is 0 Å². The molecule has 3 aliphatic carbocycles. The van der Waals surface area contributed by atoms with Crippen molar-refractivity contribution >= 4 is 5.97 Å². The highest BCUT2D eigenvalue weighted by atomic mass is 16.5. The largest absolute Gasteiger partial charge is 0.454 e. The number of allylic oxidation sites excluding steroid dienone is 1. The van der Waals surface area contributed by atoms with E-state index in [0.29, 0.717) is 16.7 Å². The van der Waals surface area contributed by atoms with E-state index in [1.165, 1.54) is 37.7 Å². The zero-order valence-electron chi connectivity index (χ0n) is 14.4. The van der Waals surface area contributed by atoms with Gasteiger partial charge in [-0.05, 0) is 61.7 Å². The highest BCUT2D eigenvalue weighted by Gasteiger charge is 2.55. The van der Waals surface area contributed by atoms with Crippen LogP contribution in [-0.4, -0.2) is 12.1 Å². The minimum atomic E-state index is -0.0961. The summed E-state index contributed by atoms with van der Waals surface area (Å²) in [5.41, 5.74) is 4.46.